The summed E-state index contributed by atoms with van der Waals surface area (Å²) in [5.41, 5.74) is 2.14. The van der Waals surface area contributed by atoms with Gasteiger partial charge >= 0.3 is 0 Å². The fourth-order valence-electron chi connectivity index (χ4n) is 1.73. The molecule has 0 radical (unpaired) electrons. The lowest BCUT2D eigenvalue weighted by molar-refractivity contribution is -0.114. The number of anilines is 2. The molecule has 17 heavy (non-hydrogen) atoms. The van der Waals surface area contributed by atoms with E-state index in [4.69, 9.17) is 0 Å². The quantitative estimate of drug-likeness (QED) is 0.835. The van der Waals surface area contributed by atoms with Crippen LogP contribution in [0.15, 0.2) is 18.2 Å². The second kappa shape index (κ2) is 4.92. The first-order valence-corrected chi connectivity index (χ1v) is 9.31. The number of benzene rings is 1. The molecular weight excluding hydrogens is 228 g/mol. The lowest BCUT2D eigenvalue weighted by atomic mass is 10.2. The first kappa shape index (κ1) is 13.8. The SMILES string of the molecule is CC(=O)Nc1ccc(N(C)C)cc1[Si](C)(C)C. The molecule has 1 amide bonds. The fraction of sp³-hybridized carbons (Fsp3) is 0.462. The minimum absolute atomic E-state index is 0.0119. The molecule has 0 unspecified atom stereocenters. The predicted octanol–water partition coefficient (Wildman–Crippen LogP) is 2.26. The summed E-state index contributed by atoms with van der Waals surface area (Å²) >= 11 is 0. The lowest BCUT2D eigenvalue weighted by Crippen LogP contribution is -2.40. The second-order valence-corrected chi connectivity index (χ2v) is 10.6. The Hall–Kier alpha value is -1.29. The third kappa shape index (κ3) is 3.59. The molecule has 3 nitrogen and oxygen atoms in total. The van der Waals surface area contributed by atoms with Crippen molar-refractivity contribution in [3.8, 4) is 0 Å². The van der Waals surface area contributed by atoms with Crippen molar-refractivity contribution < 1.29 is 4.79 Å². The zero-order valence-corrected chi connectivity index (χ0v) is 12.6. The summed E-state index contributed by atoms with van der Waals surface area (Å²) < 4.78 is 0. The van der Waals surface area contributed by atoms with Gasteiger partial charge in [-0.2, -0.15) is 0 Å². The van der Waals surface area contributed by atoms with E-state index < -0.39 is 8.07 Å². The molecule has 4 heteroatoms. The van der Waals surface area contributed by atoms with Gasteiger partial charge in [0.2, 0.25) is 5.91 Å². The molecule has 0 heterocycles. The van der Waals surface area contributed by atoms with E-state index in [0.29, 0.717) is 0 Å². The van der Waals surface area contributed by atoms with E-state index in [1.807, 2.05) is 26.2 Å². The van der Waals surface area contributed by atoms with E-state index in [2.05, 4.69) is 35.9 Å². The van der Waals surface area contributed by atoms with Crippen LogP contribution in [-0.4, -0.2) is 28.1 Å². The summed E-state index contributed by atoms with van der Waals surface area (Å²) in [4.78, 5) is 13.3. The molecular formula is C13H22N2OSi. The van der Waals surface area contributed by atoms with Crippen molar-refractivity contribution in [2.45, 2.75) is 26.6 Å². The minimum atomic E-state index is -1.46. The van der Waals surface area contributed by atoms with Gasteiger partial charge in [0.1, 0.15) is 0 Å². The van der Waals surface area contributed by atoms with Crippen LogP contribution in [0.1, 0.15) is 6.92 Å². The number of rotatable bonds is 3. The van der Waals surface area contributed by atoms with Crippen molar-refractivity contribution in [1.82, 2.24) is 0 Å². The number of carbonyl (C=O) groups excluding carboxylic acids is 1. The van der Waals surface area contributed by atoms with Gasteiger partial charge < -0.3 is 10.2 Å². The minimum Gasteiger partial charge on any atom is -0.378 e. The van der Waals surface area contributed by atoms with Gasteiger partial charge in [-0.25, -0.2) is 0 Å². The number of hydrogen-bond donors (Lipinski definition) is 1. The second-order valence-electron chi connectivity index (χ2n) is 5.56. The summed E-state index contributed by atoms with van der Waals surface area (Å²) in [6, 6.07) is 6.23. The van der Waals surface area contributed by atoms with E-state index in [1.165, 1.54) is 10.9 Å². The molecule has 0 saturated carbocycles. The molecule has 1 N–H and O–H groups in total. The maximum absolute atomic E-state index is 11.2. The number of nitrogens with one attached hydrogen (secondary N) is 1. The molecule has 0 aliphatic heterocycles. The Balaban J connectivity index is 3.27. The first-order valence-electron chi connectivity index (χ1n) is 5.81. The van der Waals surface area contributed by atoms with Crippen molar-refractivity contribution in [2.75, 3.05) is 24.3 Å². The Morgan fingerprint density at radius 2 is 1.82 bits per heavy atom. The van der Waals surface area contributed by atoms with Crippen molar-refractivity contribution in [2.24, 2.45) is 0 Å². The van der Waals surface area contributed by atoms with Crippen LogP contribution in [-0.2, 0) is 4.79 Å². The summed E-state index contributed by atoms with van der Waals surface area (Å²) in [6.45, 7) is 8.40. The van der Waals surface area contributed by atoms with Gasteiger partial charge in [-0.3, -0.25) is 4.79 Å². The Morgan fingerprint density at radius 1 is 1.24 bits per heavy atom. The van der Waals surface area contributed by atoms with Crippen LogP contribution in [0, 0.1) is 0 Å². The van der Waals surface area contributed by atoms with E-state index in [1.54, 1.807) is 6.92 Å². The smallest absolute Gasteiger partial charge is 0.221 e. The van der Waals surface area contributed by atoms with E-state index >= 15 is 0 Å². The molecule has 0 bridgehead atoms. The molecule has 1 rings (SSSR count). The fourth-order valence-corrected chi connectivity index (χ4v) is 3.26. The zero-order valence-electron chi connectivity index (χ0n) is 11.6. The molecule has 0 atom stereocenters. The Bertz CT molecular complexity index is 422. The molecule has 0 aliphatic carbocycles. The van der Waals surface area contributed by atoms with Crippen molar-refractivity contribution >= 4 is 30.5 Å². The van der Waals surface area contributed by atoms with Crippen molar-refractivity contribution in [3.63, 3.8) is 0 Å². The van der Waals surface area contributed by atoms with Crippen molar-refractivity contribution in [1.29, 1.82) is 0 Å². The van der Waals surface area contributed by atoms with Gasteiger partial charge in [0.15, 0.2) is 0 Å². The maximum Gasteiger partial charge on any atom is 0.221 e. The van der Waals surface area contributed by atoms with Crippen LogP contribution < -0.4 is 15.4 Å². The Kier molecular flexibility index (Phi) is 3.98. The number of carbonyl (C=O) groups is 1. The molecule has 0 aliphatic rings. The van der Waals surface area contributed by atoms with Gasteiger partial charge in [-0.1, -0.05) is 19.6 Å². The monoisotopic (exact) mass is 250 g/mol. The van der Waals surface area contributed by atoms with Gasteiger partial charge in [0, 0.05) is 32.4 Å². The highest BCUT2D eigenvalue weighted by Gasteiger charge is 2.21. The van der Waals surface area contributed by atoms with Crippen LogP contribution in [0.2, 0.25) is 19.6 Å². The first-order chi connectivity index (χ1) is 7.71. The highest BCUT2D eigenvalue weighted by atomic mass is 28.3. The molecule has 1 aromatic carbocycles. The van der Waals surface area contributed by atoms with Crippen LogP contribution in [0.3, 0.4) is 0 Å². The summed E-state index contributed by atoms with van der Waals surface area (Å²) in [5.74, 6) is -0.0119. The standard InChI is InChI=1S/C13H22N2OSi/c1-10(16)14-12-8-7-11(15(2)3)9-13(12)17(4,5)6/h7-9H,1-6H3,(H,14,16). The van der Waals surface area contributed by atoms with Crippen LogP contribution in [0.4, 0.5) is 11.4 Å². The normalized spacial score (nSPS) is 11.2. The molecule has 94 valence electrons. The highest BCUT2D eigenvalue weighted by molar-refractivity contribution is 6.89. The predicted molar refractivity (Wildman–Crippen MR) is 78.1 cm³/mol. The lowest BCUT2D eigenvalue weighted by Gasteiger charge is -2.24. The van der Waals surface area contributed by atoms with Gasteiger partial charge in [-0.15, -0.1) is 0 Å². The maximum atomic E-state index is 11.2. The average Bonchev–Trinajstić information content (AvgIpc) is 2.15. The van der Waals surface area contributed by atoms with Crippen LogP contribution in [0.25, 0.3) is 0 Å². The highest BCUT2D eigenvalue weighted by Crippen LogP contribution is 2.18. The summed E-state index contributed by atoms with van der Waals surface area (Å²) in [5, 5.41) is 4.21. The van der Waals surface area contributed by atoms with Crippen molar-refractivity contribution in [3.05, 3.63) is 18.2 Å². The molecule has 0 aromatic heterocycles. The topological polar surface area (TPSA) is 32.3 Å². The molecule has 1 aromatic rings. The number of nitrogens with zero attached hydrogens (tertiary/aromatic N) is 1. The van der Waals surface area contributed by atoms with Gasteiger partial charge in [0.05, 0.1) is 8.07 Å². The number of amides is 1. The van der Waals surface area contributed by atoms with E-state index in [-0.39, 0.29) is 5.91 Å². The largest absolute Gasteiger partial charge is 0.378 e. The van der Waals surface area contributed by atoms with Gasteiger partial charge in [-0.05, 0) is 23.4 Å². The summed E-state index contributed by atoms with van der Waals surface area (Å²) in [7, 11) is 2.59. The average molecular weight is 250 g/mol. The third-order valence-corrected chi connectivity index (χ3v) is 4.67. The Labute approximate surface area is 105 Å². The van der Waals surface area contributed by atoms with Crippen LogP contribution >= 0.6 is 0 Å². The number of hydrogen-bond acceptors (Lipinski definition) is 2. The van der Waals surface area contributed by atoms with Crippen LogP contribution in [0.5, 0.6) is 0 Å². The van der Waals surface area contributed by atoms with Gasteiger partial charge in [0.25, 0.3) is 0 Å². The molecule has 0 saturated heterocycles. The Morgan fingerprint density at radius 3 is 2.24 bits per heavy atom. The zero-order chi connectivity index (χ0) is 13.2. The molecule has 0 spiro atoms. The van der Waals surface area contributed by atoms with E-state index in [9.17, 15) is 4.79 Å². The third-order valence-electron chi connectivity index (χ3n) is 2.64. The molecule has 0 fully saturated rings. The summed E-state index contributed by atoms with van der Waals surface area (Å²) in [6.07, 6.45) is 0. The van der Waals surface area contributed by atoms with E-state index in [0.717, 1.165) is 5.69 Å².